The van der Waals surface area contributed by atoms with Crippen LogP contribution >= 0.6 is 22.9 Å². The predicted molar refractivity (Wildman–Crippen MR) is 74.7 cm³/mol. The first-order valence-electron chi connectivity index (χ1n) is 6.32. The van der Waals surface area contributed by atoms with Crippen molar-refractivity contribution >= 4 is 34.8 Å². The van der Waals surface area contributed by atoms with E-state index in [0.29, 0.717) is 35.2 Å². The first kappa shape index (κ1) is 14.3. The Morgan fingerprint density at radius 1 is 1.37 bits per heavy atom. The van der Waals surface area contributed by atoms with Gasteiger partial charge < -0.3 is 10.4 Å². The maximum atomic E-state index is 11.9. The molecule has 1 fully saturated rings. The fourth-order valence-electron chi connectivity index (χ4n) is 2.39. The van der Waals surface area contributed by atoms with Crippen LogP contribution in [0.15, 0.2) is 11.4 Å². The molecule has 2 N–H and O–H groups in total. The molecule has 104 valence electrons. The Morgan fingerprint density at radius 3 is 2.58 bits per heavy atom. The highest BCUT2D eigenvalue weighted by Crippen LogP contribution is 2.28. The summed E-state index contributed by atoms with van der Waals surface area (Å²) in [5.41, 5.74) is 0. The van der Waals surface area contributed by atoms with Crippen LogP contribution in [0, 0.1) is 11.8 Å². The van der Waals surface area contributed by atoms with Gasteiger partial charge in [-0.1, -0.05) is 11.6 Å². The molecule has 1 aliphatic carbocycles. The van der Waals surface area contributed by atoms with Crippen molar-refractivity contribution in [3.63, 3.8) is 0 Å². The average molecular weight is 302 g/mol. The molecule has 19 heavy (non-hydrogen) atoms. The van der Waals surface area contributed by atoms with Crippen molar-refractivity contribution < 1.29 is 14.7 Å². The van der Waals surface area contributed by atoms with Crippen molar-refractivity contribution in [2.75, 3.05) is 6.54 Å². The number of aliphatic carboxylic acids is 1. The van der Waals surface area contributed by atoms with Gasteiger partial charge in [-0.2, -0.15) is 0 Å². The molecule has 0 aliphatic heterocycles. The van der Waals surface area contributed by atoms with Crippen LogP contribution in [0.4, 0.5) is 0 Å². The highest BCUT2D eigenvalue weighted by Gasteiger charge is 2.26. The summed E-state index contributed by atoms with van der Waals surface area (Å²) in [5.74, 6) is -0.676. The van der Waals surface area contributed by atoms with E-state index in [2.05, 4.69) is 5.32 Å². The molecule has 1 saturated carbocycles. The van der Waals surface area contributed by atoms with E-state index in [0.717, 1.165) is 12.8 Å². The van der Waals surface area contributed by atoms with Gasteiger partial charge in [0.15, 0.2) is 0 Å². The minimum Gasteiger partial charge on any atom is -0.481 e. The number of amides is 1. The van der Waals surface area contributed by atoms with Crippen LogP contribution in [0.5, 0.6) is 0 Å². The number of hydrogen-bond donors (Lipinski definition) is 2. The van der Waals surface area contributed by atoms with Crippen molar-refractivity contribution in [3.05, 3.63) is 21.3 Å². The standard InChI is InChI=1S/C13H16ClNO3S/c14-10-5-6-19-11(10)12(16)15-7-8-1-3-9(4-2-8)13(17)18/h5-6,8-9H,1-4,7H2,(H,15,16)(H,17,18). The lowest BCUT2D eigenvalue weighted by molar-refractivity contribution is -0.143. The molecule has 4 nitrogen and oxygen atoms in total. The van der Waals surface area contributed by atoms with E-state index >= 15 is 0 Å². The Balaban J connectivity index is 1.77. The molecule has 1 aliphatic rings. The first-order valence-corrected chi connectivity index (χ1v) is 7.57. The van der Waals surface area contributed by atoms with Crippen LogP contribution in [-0.4, -0.2) is 23.5 Å². The van der Waals surface area contributed by atoms with Gasteiger partial charge in [-0.3, -0.25) is 9.59 Å². The number of hydrogen-bond acceptors (Lipinski definition) is 3. The van der Waals surface area contributed by atoms with Crippen molar-refractivity contribution in [1.82, 2.24) is 5.32 Å². The molecule has 2 rings (SSSR count). The Labute approximate surface area is 120 Å². The molecule has 0 spiro atoms. The lowest BCUT2D eigenvalue weighted by atomic mass is 9.82. The van der Waals surface area contributed by atoms with E-state index in [1.807, 2.05) is 0 Å². The molecule has 0 saturated heterocycles. The summed E-state index contributed by atoms with van der Waals surface area (Å²) in [6.45, 7) is 0.597. The summed E-state index contributed by atoms with van der Waals surface area (Å²) >= 11 is 7.22. The zero-order chi connectivity index (χ0) is 13.8. The Hall–Kier alpha value is -1.07. The van der Waals surface area contributed by atoms with Crippen molar-refractivity contribution in [2.24, 2.45) is 11.8 Å². The van der Waals surface area contributed by atoms with Gasteiger partial charge in [-0.25, -0.2) is 0 Å². The SMILES string of the molecule is O=C(NCC1CCC(C(=O)O)CC1)c1sccc1Cl. The molecule has 1 heterocycles. The van der Waals surface area contributed by atoms with Crippen LogP contribution in [0.25, 0.3) is 0 Å². The first-order chi connectivity index (χ1) is 9.08. The summed E-state index contributed by atoms with van der Waals surface area (Å²) < 4.78 is 0. The Bertz CT molecular complexity index is 466. The largest absolute Gasteiger partial charge is 0.481 e. The minimum atomic E-state index is -0.701. The highest BCUT2D eigenvalue weighted by atomic mass is 35.5. The summed E-state index contributed by atoms with van der Waals surface area (Å²) in [5, 5.41) is 14.1. The van der Waals surface area contributed by atoms with Crippen LogP contribution in [0.1, 0.15) is 35.4 Å². The van der Waals surface area contributed by atoms with Gasteiger partial charge in [0.2, 0.25) is 0 Å². The molecule has 0 unspecified atom stereocenters. The monoisotopic (exact) mass is 301 g/mol. The normalized spacial score (nSPS) is 23.0. The molecule has 0 aromatic carbocycles. The fraction of sp³-hybridized carbons (Fsp3) is 0.538. The Kier molecular flexibility index (Phi) is 4.82. The molecule has 0 radical (unpaired) electrons. The predicted octanol–water partition coefficient (Wildman–Crippen LogP) is 3.02. The molecule has 1 aromatic heterocycles. The summed E-state index contributed by atoms with van der Waals surface area (Å²) in [6.07, 6.45) is 3.12. The second kappa shape index (κ2) is 6.39. The van der Waals surface area contributed by atoms with E-state index in [-0.39, 0.29) is 11.8 Å². The lowest BCUT2D eigenvalue weighted by Gasteiger charge is -2.26. The third-order valence-corrected chi connectivity index (χ3v) is 4.91. The minimum absolute atomic E-state index is 0.139. The van der Waals surface area contributed by atoms with E-state index in [1.54, 1.807) is 11.4 Å². The van der Waals surface area contributed by atoms with E-state index < -0.39 is 5.97 Å². The summed E-state index contributed by atoms with van der Waals surface area (Å²) in [6, 6.07) is 1.71. The van der Waals surface area contributed by atoms with Crippen LogP contribution < -0.4 is 5.32 Å². The number of halogens is 1. The van der Waals surface area contributed by atoms with Gasteiger partial charge in [-0.05, 0) is 43.0 Å². The third kappa shape index (κ3) is 3.70. The molecule has 6 heteroatoms. The fourth-order valence-corrected chi connectivity index (χ4v) is 3.44. The van der Waals surface area contributed by atoms with Gasteiger partial charge in [0.05, 0.1) is 10.9 Å². The molecule has 1 amide bonds. The van der Waals surface area contributed by atoms with E-state index in [4.69, 9.17) is 16.7 Å². The zero-order valence-electron chi connectivity index (χ0n) is 10.4. The molecular weight excluding hydrogens is 286 g/mol. The zero-order valence-corrected chi connectivity index (χ0v) is 12.0. The van der Waals surface area contributed by atoms with Crippen molar-refractivity contribution in [1.29, 1.82) is 0 Å². The second-order valence-electron chi connectivity index (χ2n) is 4.86. The number of carbonyl (C=O) groups is 2. The number of carboxylic acids is 1. The van der Waals surface area contributed by atoms with Gasteiger partial charge in [-0.15, -0.1) is 11.3 Å². The van der Waals surface area contributed by atoms with Crippen LogP contribution in [0.3, 0.4) is 0 Å². The van der Waals surface area contributed by atoms with E-state index in [9.17, 15) is 9.59 Å². The van der Waals surface area contributed by atoms with Crippen molar-refractivity contribution in [2.45, 2.75) is 25.7 Å². The smallest absolute Gasteiger partial charge is 0.306 e. The van der Waals surface area contributed by atoms with E-state index in [1.165, 1.54) is 11.3 Å². The van der Waals surface area contributed by atoms with Crippen LogP contribution in [-0.2, 0) is 4.79 Å². The third-order valence-electron chi connectivity index (χ3n) is 3.57. The van der Waals surface area contributed by atoms with Gasteiger partial charge in [0.1, 0.15) is 4.88 Å². The summed E-state index contributed by atoms with van der Waals surface area (Å²) in [7, 11) is 0. The molecule has 1 aromatic rings. The van der Waals surface area contributed by atoms with Crippen molar-refractivity contribution in [3.8, 4) is 0 Å². The number of thiophene rings is 1. The number of carbonyl (C=O) groups excluding carboxylic acids is 1. The maximum absolute atomic E-state index is 11.9. The Morgan fingerprint density at radius 2 is 2.05 bits per heavy atom. The van der Waals surface area contributed by atoms with Gasteiger partial charge >= 0.3 is 5.97 Å². The lowest BCUT2D eigenvalue weighted by Crippen LogP contribution is -2.32. The number of rotatable bonds is 4. The van der Waals surface area contributed by atoms with Gasteiger partial charge in [0, 0.05) is 6.54 Å². The maximum Gasteiger partial charge on any atom is 0.306 e. The number of carboxylic acid groups (broad SMARTS) is 1. The quantitative estimate of drug-likeness (QED) is 0.898. The topological polar surface area (TPSA) is 66.4 Å². The molecule has 0 atom stereocenters. The second-order valence-corrected chi connectivity index (χ2v) is 6.19. The van der Waals surface area contributed by atoms with Gasteiger partial charge in [0.25, 0.3) is 5.91 Å². The average Bonchev–Trinajstić information content (AvgIpc) is 2.83. The highest BCUT2D eigenvalue weighted by molar-refractivity contribution is 7.12. The summed E-state index contributed by atoms with van der Waals surface area (Å²) in [4.78, 5) is 23.2. The molecule has 0 bridgehead atoms. The number of nitrogens with one attached hydrogen (secondary N) is 1. The van der Waals surface area contributed by atoms with Crippen LogP contribution in [0.2, 0.25) is 5.02 Å². The molecular formula is C13H16ClNO3S.